The van der Waals surface area contributed by atoms with Gasteiger partial charge in [-0.2, -0.15) is 0 Å². The number of allylic oxidation sites excluding steroid dienone is 16. The zero-order chi connectivity index (χ0) is 49.3. The van der Waals surface area contributed by atoms with Gasteiger partial charge in [0.15, 0.2) is 6.10 Å². The summed E-state index contributed by atoms with van der Waals surface area (Å²) in [5.41, 5.74) is 0. The van der Waals surface area contributed by atoms with Gasteiger partial charge in [0.25, 0.3) is 0 Å². The van der Waals surface area contributed by atoms with Gasteiger partial charge in [-0.15, -0.1) is 0 Å². The monoisotopic (exact) mass is 945 g/mol. The molecule has 1 unspecified atom stereocenters. The Bertz CT molecular complexity index is 1360. The molecular weight excluding hydrogens is 841 g/mol. The van der Waals surface area contributed by atoms with E-state index in [0.29, 0.717) is 19.3 Å². The fourth-order valence-electron chi connectivity index (χ4n) is 7.76. The first-order chi connectivity index (χ1) is 33.5. The maximum Gasteiger partial charge on any atom is 0.306 e. The Morgan fingerprint density at radius 3 is 0.926 bits per heavy atom. The molecular formula is C62H104O6. The standard InChI is InChI=1S/C62H104O6/c1-4-7-10-13-16-19-22-25-28-31-34-37-40-43-46-49-52-55-61(64)67-58-59(57-66-60(63)54-51-48-45-42-39-36-33-30-27-24-21-18-15-12-9-6-3)68-62(65)56-53-50-47-44-41-38-35-32-29-26-23-20-17-14-11-8-5-2/h7,10,13,16,19,22,25,28,30-31,33-34,36-37,39-40,59H,4-6,8-9,11-12,14-15,17-18,20-21,23-24,26-27,29,32,35,38,41-58H2,1-3H3/b10-7-,16-13-,22-19-,28-25-,33-30-,34-31+,39-36-,40-37-. The van der Waals surface area contributed by atoms with E-state index in [1.165, 1.54) is 135 Å². The molecule has 0 amide bonds. The first-order valence-electron chi connectivity index (χ1n) is 28.3. The maximum atomic E-state index is 12.9. The lowest BCUT2D eigenvalue weighted by atomic mass is 10.0. The summed E-state index contributed by atoms with van der Waals surface area (Å²) in [4.78, 5) is 38.1. The van der Waals surface area contributed by atoms with Gasteiger partial charge in [-0.05, 0) is 64.2 Å². The minimum absolute atomic E-state index is 0.105. The van der Waals surface area contributed by atoms with Crippen molar-refractivity contribution < 1.29 is 28.6 Å². The van der Waals surface area contributed by atoms with Gasteiger partial charge < -0.3 is 14.2 Å². The zero-order valence-corrected chi connectivity index (χ0v) is 44.3. The van der Waals surface area contributed by atoms with Gasteiger partial charge in [-0.25, -0.2) is 0 Å². The Balaban J connectivity index is 4.51. The number of rotatable bonds is 50. The molecule has 0 aliphatic carbocycles. The minimum atomic E-state index is -0.806. The molecule has 1 atom stereocenters. The molecule has 0 N–H and O–H groups in total. The molecule has 0 saturated carbocycles. The number of unbranched alkanes of at least 4 members (excludes halogenated alkanes) is 29. The molecule has 0 aromatic rings. The van der Waals surface area contributed by atoms with Crippen LogP contribution < -0.4 is 0 Å². The van der Waals surface area contributed by atoms with Crippen molar-refractivity contribution in [2.75, 3.05) is 13.2 Å². The summed E-state index contributed by atoms with van der Waals surface area (Å²) >= 11 is 0. The molecule has 6 heteroatoms. The third-order valence-electron chi connectivity index (χ3n) is 12.0. The molecule has 0 heterocycles. The van der Waals surface area contributed by atoms with E-state index < -0.39 is 6.10 Å². The summed E-state index contributed by atoms with van der Waals surface area (Å²) in [5.74, 6) is -0.967. The highest BCUT2D eigenvalue weighted by atomic mass is 16.6. The fourth-order valence-corrected chi connectivity index (χ4v) is 7.76. The topological polar surface area (TPSA) is 78.9 Å². The summed E-state index contributed by atoms with van der Waals surface area (Å²) in [6.07, 6.45) is 73.9. The lowest BCUT2D eigenvalue weighted by Crippen LogP contribution is -2.30. The molecule has 68 heavy (non-hydrogen) atoms. The first-order valence-corrected chi connectivity index (χ1v) is 28.3. The van der Waals surface area contributed by atoms with Crippen molar-refractivity contribution in [3.05, 3.63) is 97.2 Å². The minimum Gasteiger partial charge on any atom is -0.462 e. The largest absolute Gasteiger partial charge is 0.462 e. The lowest BCUT2D eigenvalue weighted by molar-refractivity contribution is -0.167. The van der Waals surface area contributed by atoms with Gasteiger partial charge in [-0.1, -0.05) is 272 Å². The summed E-state index contributed by atoms with van der Waals surface area (Å²) in [5, 5.41) is 0. The Labute approximate surface area is 419 Å². The Morgan fingerprint density at radius 2 is 0.574 bits per heavy atom. The van der Waals surface area contributed by atoms with E-state index in [4.69, 9.17) is 14.2 Å². The number of carbonyl (C=O) groups excluding carboxylic acids is 3. The van der Waals surface area contributed by atoms with Crippen LogP contribution in [-0.2, 0) is 28.6 Å². The second-order valence-corrected chi connectivity index (χ2v) is 18.7. The highest BCUT2D eigenvalue weighted by Gasteiger charge is 2.19. The fraction of sp³-hybridized carbons (Fsp3) is 0.694. The van der Waals surface area contributed by atoms with E-state index in [1.54, 1.807) is 0 Å². The van der Waals surface area contributed by atoms with Crippen molar-refractivity contribution in [2.45, 2.75) is 264 Å². The molecule has 0 aromatic carbocycles. The molecule has 0 bridgehead atoms. The quantitative estimate of drug-likeness (QED) is 0.0262. The van der Waals surface area contributed by atoms with Crippen molar-refractivity contribution in [1.29, 1.82) is 0 Å². The summed E-state index contributed by atoms with van der Waals surface area (Å²) in [7, 11) is 0. The number of hydrogen-bond acceptors (Lipinski definition) is 6. The molecule has 0 saturated heterocycles. The highest BCUT2D eigenvalue weighted by molar-refractivity contribution is 5.71. The van der Waals surface area contributed by atoms with Crippen LogP contribution in [0, 0.1) is 0 Å². The molecule has 388 valence electrons. The highest BCUT2D eigenvalue weighted by Crippen LogP contribution is 2.16. The summed E-state index contributed by atoms with van der Waals surface area (Å²) < 4.78 is 16.8. The predicted molar refractivity (Wildman–Crippen MR) is 293 cm³/mol. The van der Waals surface area contributed by atoms with Crippen LogP contribution in [0.5, 0.6) is 0 Å². The van der Waals surface area contributed by atoms with E-state index in [-0.39, 0.29) is 31.1 Å². The van der Waals surface area contributed by atoms with Gasteiger partial charge in [0, 0.05) is 19.3 Å². The zero-order valence-electron chi connectivity index (χ0n) is 44.3. The van der Waals surface area contributed by atoms with E-state index >= 15 is 0 Å². The van der Waals surface area contributed by atoms with Gasteiger partial charge in [0.2, 0.25) is 0 Å². The predicted octanol–water partition coefficient (Wildman–Crippen LogP) is 18.9. The molecule has 0 aromatic heterocycles. The molecule has 0 radical (unpaired) electrons. The SMILES string of the molecule is CC\C=C/C=C\C=C/C=C\C=C\C=C/CCCCCC(=O)OCC(COC(=O)CCCCC/C=C\C=C/CCCCCCCCC)OC(=O)CCCCCCCCCCCCCCCCCCC. The van der Waals surface area contributed by atoms with Crippen LogP contribution in [0.25, 0.3) is 0 Å². The molecule has 0 aliphatic heterocycles. The van der Waals surface area contributed by atoms with E-state index in [1.807, 2.05) is 60.8 Å². The maximum absolute atomic E-state index is 12.9. The van der Waals surface area contributed by atoms with Crippen LogP contribution in [0.1, 0.15) is 258 Å². The van der Waals surface area contributed by atoms with Crippen molar-refractivity contribution in [3.8, 4) is 0 Å². The summed E-state index contributed by atoms with van der Waals surface area (Å²) in [6.45, 7) is 6.44. The van der Waals surface area contributed by atoms with E-state index in [2.05, 4.69) is 57.2 Å². The van der Waals surface area contributed by atoms with Crippen molar-refractivity contribution in [1.82, 2.24) is 0 Å². The normalized spacial score (nSPS) is 12.8. The van der Waals surface area contributed by atoms with Gasteiger partial charge in [0.1, 0.15) is 13.2 Å². The third kappa shape index (κ3) is 53.3. The molecule has 0 rings (SSSR count). The van der Waals surface area contributed by atoms with E-state index in [9.17, 15) is 14.4 Å². The van der Waals surface area contributed by atoms with Crippen molar-refractivity contribution in [2.24, 2.45) is 0 Å². The lowest BCUT2D eigenvalue weighted by Gasteiger charge is -2.18. The van der Waals surface area contributed by atoms with Gasteiger partial charge in [0.05, 0.1) is 0 Å². The Kier molecular flexibility index (Phi) is 52.9. The molecule has 6 nitrogen and oxygen atoms in total. The van der Waals surface area contributed by atoms with Crippen LogP contribution in [-0.4, -0.2) is 37.2 Å². The third-order valence-corrected chi connectivity index (χ3v) is 12.0. The number of carbonyl (C=O) groups is 3. The van der Waals surface area contributed by atoms with Crippen molar-refractivity contribution in [3.63, 3.8) is 0 Å². The summed E-state index contributed by atoms with van der Waals surface area (Å²) in [6, 6.07) is 0. The number of hydrogen-bond donors (Lipinski definition) is 0. The van der Waals surface area contributed by atoms with E-state index in [0.717, 1.165) is 83.5 Å². The number of ether oxygens (including phenoxy) is 3. The van der Waals surface area contributed by atoms with Crippen LogP contribution in [0.15, 0.2) is 97.2 Å². The van der Waals surface area contributed by atoms with Crippen molar-refractivity contribution >= 4 is 17.9 Å². The molecule has 0 spiro atoms. The average Bonchev–Trinajstić information content (AvgIpc) is 3.34. The van der Waals surface area contributed by atoms with Crippen LogP contribution in [0.4, 0.5) is 0 Å². The Hall–Kier alpha value is -3.67. The smallest absolute Gasteiger partial charge is 0.306 e. The van der Waals surface area contributed by atoms with Crippen LogP contribution in [0.2, 0.25) is 0 Å². The van der Waals surface area contributed by atoms with Gasteiger partial charge in [-0.3, -0.25) is 14.4 Å². The van der Waals surface area contributed by atoms with Gasteiger partial charge >= 0.3 is 17.9 Å². The second-order valence-electron chi connectivity index (χ2n) is 18.7. The second kappa shape index (κ2) is 55.9. The number of esters is 3. The average molecular weight is 946 g/mol. The Morgan fingerprint density at radius 1 is 0.309 bits per heavy atom. The first kappa shape index (κ1) is 64.3. The molecule has 0 aliphatic rings. The van der Waals surface area contributed by atoms with Crippen LogP contribution >= 0.6 is 0 Å². The van der Waals surface area contributed by atoms with Crippen LogP contribution in [0.3, 0.4) is 0 Å². The molecule has 0 fully saturated rings.